The molecule has 1 aliphatic heterocycles. The topological polar surface area (TPSA) is 78.5 Å². The summed E-state index contributed by atoms with van der Waals surface area (Å²) in [6, 6.07) is 16.3. The highest BCUT2D eigenvalue weighted by Gasteiger charge is 2.38. The van der Waals surface area contributed by atoms with Gasteiger partial charge in [-0.1, -0.05) is 52.3 Å². The number of amides is 3. The minimum atomic E-state index is -0.755. The number of carbonyl (C=O) groups excluding carboxylic acids is 3. The van der Waals surface area contributed by atoms with Crippen molar-refractivity contribution in [2.75, 3.05) is 18.5 Å². The molecule has 0 unspecified atom stereocenters. The molecule has 2 aromatic rings. The highest BCUT2D eigenvalue weighted by atomic mass is 79.9. The van der Waals surface area contributed by atoms with Crippen molar-refractivity contribution in [2.45, 2.75) is 18.9 Å². The highest BCUT2D eigenvalue weighted by molar-refractivity contribution is 9.10. The molecular formula is C21H22BrN3O3. The largest absolute Gasteiger partial charge is 0.359 e. The van der Waals surface area contributed by atoms with Crippen LogP contribution in [-0.2, 0) is 14.4 Å². The Morgan fingerprint density at radius 3 is 2.61 bits per heavy atom. The van der Waals surface area contributed by atoms with Gasteiger partial charge in [-0.3, -0.25) is 14.4 Å². The molecule has 0 spiro atoms. The Hall–Kier alpha value is -2.67. The number of benzene rings is 2. The SMILES string of the molecule is CNC(=O)C[C@H](NC(=O)[C@H]1CCN(c2cccc(Br)c2)C1=O)c1ccccc1. The third kappa shape index (κ3) is 4.59. The van der Waals surface area contributed by atoms with Crippen LogP contribution in [0.4, 0.5) is 5.69 Å². The molecule has 0 saturated carbocycles. The molecule has 6 nitrogen and oxygen atoms in total. The first-order valence-corrected chi connectivity index (χ1v) is 9.91. The first-order valence-electron chi connectivity index (χ1n) is 9.12. The number of halogens is 1. The highest BCUT2D eigenvalue weighted by Crippen LogP contribution is 2.28. The number of nitrogens with one attached hydrogen (secondary N) is 2. The Bertz CT molecular complexity index is 872. The molecular weight excluding hydrogens is 422 g/mol. The molecule has 0 radical (unpaired) electrons. The molecule has 0 bridgehead atoms. The van der Waals surface area contributed by atoms with Crippen LogP contribution in [0.15, 0.2) is 59.1 Å². The van der Waals surface area contributed by atoms with Gasteiger partial charge < -0.3 is 15.5 Å². The smallest absolute Gasteiger partial charge is 0.239 e. The lowest BCUT2D eigenvalue weighted by molar-refractivity contribution is -0.132. The first kappa shape index (κ1) is 20.1. The van der Waals surface area contributed by atoms with E-state index in [2.05, 4.69) is 26.6 Å². The molecule has 3 amide bonds. The summed E-state index contributed by atoms with van der Waals surface area (Å²) in [6.45, 7) is 0.485. The van der Waals surface area contributed by atoms with Gasteiger partial charge in [0.1, 0.15) is 5.92 Å². The number of carbonyl (C=O) groups is 3. The van der Waals surface area contributed by atoms with Crippen molar-refractivity contribution in [1.29, 1.82) is 0 Å². The van der Waals surface area contributed by atoms with Crippen molar-refractivity contribution in [3.63, 3.8) is 0 Å². The van der Waals surface area contributed by atoms with Gasteiger partial charge >= 0.3 is 0 Å². The monoisotopic (exact) mass is 443 g/mol. The second-order valence-electron chi connectivity index (χ2n) is 6.66. The van der Waals surface area contributed by atoms with Crippen LogP contribution in [0.5, 0.6) is 0 Å². The molecule has 1 fully saturated rings. The molecule has 2 N–H and O–H groups in total. The van der Waals surface area contributed by atoms with Crippen molar-refractivity contribution in [3.05, 3.63) is 64.6 Å². The number of rotatable bonds is 6. The van der Waals surface area contributed by atoms with Crippen LogP contribution in [0.3, 0.4) is 0 Å². The molecule has 1 heterocycles. The number of hydrogen-bond donors (Lipinski definition) is 2. The van der Waals surface area contributed by atoms with Gasteiger partial charge in [0, 0.05) is 23.8 Å². The van der Waals surface area contributed by atoms with Gasteiger partial charge in [0.05, 0.1) is 12.5 Å². The first-order chi connectivity index (χ1) is 13.5. The second-order valence-corrected chi connectivity index (χ2v) is 7.58. The van der Waals surface area contributed by atoms with E-state index in [1.54, 1.807) is 11.9 Å². The molecule has 28 heavy (non-hydrogen) atoms. The van der Waals surface area contributed by atoms with Crippen molar-refractivity contribution in [2.24, 2.45) is 5.92 Å². The maximum absolute atomic E-state index is 12.9. The number of hydrogen-bond acceptors (Lipinski definition) is 3. The quantitative estimate of drug-likeness (QED) is 0.673. The van der Waals surface area contributed by atoms with Crippen LogP contribution >= 0.6 is 15.9 Å². The summed E-state index contributed by atoms with van der Waals surface area (Å²) in [5, 5.41) is 5.48. The summed E-state index contributed by atoms with van der Waals surface area (Å²) in [5.41, 5.74) is 1.59. The van der Waals surface area contributed by atoms with Gasteiger partial charge in [-0.15, -0.1) is 0 Å². The fraction of sp³-hybridized carbons (Fsp3) is 0.286. The lowest BCUT2D eigenvalue weighted by Gasteiger charge is -2.21. The molecule has 146 valence electrons. The Morgan fingerprint density at radius 1 is 1.18 bits per heavy atom. The van der Waals surface area contributed by atoms with Crippen molar-refractivity contribution in [1.82, 2.24) is 10.6 Å². The summed E-state index contributed by atoms with van der Waals surface area (Å²) in [6.07, 6.45) is 0.557. The summed E-state index contributed by atoms with van der Waals surface area (Å²) < 4.78 is 0.875. The molecule has 0 aliphatic carbocycles. The second kappa shape index (κ2) is 9.01. The van der Waals surface area contributed by atoms with E-state index in [0.29, 0.717) is 13.0 Å². The summed E-state index contributed by atoms with van der Waals surface area (Å²) in [4.78, 5) is 39.2. The molecule has 2 atom stereocenters. The lowest BCUT2D eigenvalue weighted by Crippen LogP contribution is -2.40. The predicted molar refractivity (Wildman–Crippen MR) is 111 cm³/mol. The summed E-state index contributed by atoms with van der Waals surface area (Å²) in [7, 11) is 1.56. The third-order valence-electron chi connectivity index (χ3n) is 4.83. The standard InChI is InChI=1S/C21H22BrN3O3/c1-23-19(26)13-18(14-6-3-2-4-7-14)24-20(27)17-10-11-25(21(17)28)16-9-5-8-15(22)12-16/h2-9,12,17-18H,10-11,13H2,1H3,(H,23,26)(H,24,27)/t17-,18+/m1/s1. The average molecular weight is 444 g/mol. The van der Waals surface area contributed by atoms with Crippen molar-refractivity contribution < 1.29 is 14.4 Å². The zero-order valence-electron chi connectivity index (χ0n) is 15.5. The molecule has 7 heteroatoms. The molecule has 1 saturated heterocycles. The maximum Gasteiger partial charge on any atom is 0.239 e. The minimum Gasteiger partial charge on any atom is -0.359 e. The van der Waals surface area contributed by atoms with Gasteiger partial charge in [0.15, 0.2) is 0 Å². The fourth-order valence-electron chi connectivity index (χ4n) is 3.32. The Morgan fingerprint density at radius 2 is 1.93 bits per heavy atom. The molecule has 0 aromatic heterocycles. The third-order valence-corrected chi connectivity index (χ3v) is 5.32. The van der Waals surface area contributed by atoms with Crippen molar-refractivity contribution >= 4 is 39.3 Å². The zero-order valence-corrected chi connectivity index (χ0v) is 17.1. The Balaban J connectivity index is 1.73. The van der Waals surface area contributed by atoms with Crippen molar-refractivity contribution in [3.8, 4) is 0 Å². The van der Waals surface area contributed by atoms with Gasteiger partial charge in [-0.05, 0) is 30.2 Å². The van der Waals surface area contributed by atoms with Gasteiger partial charge in [-0.25, -0.2) is 0 Å². The van der Waals surface area contributed by atoms with E-state index in [1.807, 2.05) is 54.6 Å². The number of anilines is 1. The van der Waals surface area contributed by atoms with E-state index < -0.39 is 12.0 Å². The van der Waals surface area contributed by atoms with Crippen LogP contribution in [0.1, 0.15) is 24.4 Å². The molecule has 2 aromatic carbocycles. The van der Waals surface area contributed by atoms with E-state index in [0.717, 1.165) is 15.7 Å². The average Bonchev–Trinajstić information content (AvgIpc) is 3.09. The normalized spacial score (nSPS) is 17.3. The Labute approximate surface area is 172 Å². The van der Waals surface area contributed by atoms with Gasteiger partial charge in [-0.2, -0.15) is 0 Å². The molecule has 1 aliphatic rings. The van der Waals surface area contributed by atoms with E-state index >= 15 is 0 Å². The van der Waals surface area contributed by atoms with Crippen LogP contribution in [0.2, 0.25) is 0 Å². The van der Waals surface area contributed by atoms with Crippen LogP contribution < -0.4 is 15.5 Å². The predicted octanol–water partition coefficient (Wildman–Crippen LogP) is 2.80. The van der Waals surface area contributed by atoms with Crippen LogP contribution in [0.25, 0.3) is 0 Å². The van der Waals surface area contributed by atoms with E-state index in [4.69, 9.17) is 0 Å². The number of nitrogens with zero attached hydrogens (tertiary/aromatic N) is 1. The summed E-state index contributed by atoms with van der Waals surface area (Å²) in [5.74, 6) is -1.50. The van der Waals surface area contributed by atoms with Crippen LogP contribution in [0, 0.1) is 5.92 Å². The van der Waals surface area contributed by atoms with Gasteiger partial charge in [0.25, 0.3) is 0 Å². The van der Waals surface area contributed by atoms with E-state index in [1.165, 1.54) is 0 Å². The minimum absolute atomic E-state index is 0.114. The maximum atomic E-state index is 12.9. The van der Waals surface area contributed by atoms with E-state index in [9.17, 15) is 14.4 Å². The van der Waals surface area contributed by atoms with E-state index in [-0.39, 0.29) is 24.1 Å². The van der Waals surface area contributed by atoms with Crippen LogP contribution in [-0.4, -0.2) is 31.3 Å². The molecule has 3 rings (SSSR count). The Kier molecular flexibility index (Phi) is 6.46. The zero-order chi connectivity index (χ0) is 20.1. The fourth-order valence-corrected chi connectivity index (χ4v) is 3.71. The lowest BCUT2D eigenvalue weighted by atomic mass is 10.0. The summed E-state index contributed by atoms with van der Waals surface area (Å²) >= 11 is 3.41. The van der Waals surface area contributed by atoms with Gasteiger partial charge in [0.2, 0.25) is 17.7 Å².